The van der Waals surface area contributed by atoms with Crippen LogP contribution in [0.25, 0.3) is 5.76 Å². The lowest BCUT2D eigenvalue weighted by molar-refractivity contribution is -0.172. The summed E-state index contributed by atoms with van der Waals surface area (Å²) in [5.41, 5.74) is -1.89. The maximum Gasteiger partial charge on any atom is 0.303 e. The molecule has 128 valence electrons. The number of carbonyl (C=O) groups excluding carboxylic acids is 2. The molecule has 1 aromatic carbocycles. The van der Waals surface area contributed by atoms with Gasteiger partial charge in [-0.3, -0.25) is 9.59 Å². The molecule has 1 saturated carbocycles. The van der Waals surface area contributed by atoms with Crippen molar-refractivity contribution < 1.29 is 34.4 Å². The molecule has 0 unspecified atom stereocenters. The average Bonchev–Trinajstić information content (AvgIpc) is 2.50. The first-order valence-electron chi connectivity index (χ1n) is 7.58. The van der Waals surface area contributed by atoms with Gasteiger partial charge in [0, 0.05) is 19.3 Å². The number of aliphatic hydroxyl groups is 2. The quantitative estimate of drug-likeness (QED) is 0.699. The van der Waals surface area contributed by atoms with Crippen LogP contribution in [-0.2, 0) is 14.3 Å². The summed E-state index contributed by atoms with van der Waals surface area (Å²) >= 11 is 0. The first-order chi connectivity index (χ1) is 11.3. The molecule has 3 atom stereocenters. The predicted molar refractivity (Wildman–Crippen MR) is 82.4 cm³/mol. The number of rotatable bonds is 2. The minimum absolute atomic E-state index is 0.0129. The van der Waals surface area contributed by atoms with Gasteiger partial charge in [0.25, 0.3) is 0 Å². The van der Waals surface area contributed by atoms with Crippen LogP contribution < -0.4 is 4.74 Å². The molecule has 0 bridgehead atoms. The normalized spacial score (nSPS) is 28.7. The van der Waals surface area contributed by atoms with Crippen LogP contribution in [0.5, 0.6) is 11.5 Å². The third-order valence-corrected chi connectivity index (χ3v) is 4.48. The van der Waals surface area contributed by atoms with Crippen molar-refractivity contribution in [3.63, 3.8) is 0 Å². The fourth-order valence-corrected chi connectivity index (χ4v) is 3.54. The molecule has 3 N–H and O–H groups in total. The van der Waals surface area contributed by atoms with E-state index in [2.05, 4.69) is 0 Å². The Bertz CT molecular complexity index is 751. The minimum Gasteiger partial charge on any atom is -0.507 e. The van der Waals surface area contributed by atoms with Gasteiger partial charge in [0.05, 0.1) is 12.2 Å². The van der Waals surface area contributed by atoms with Crippen molar-refractivity contribution in [3.8, 4) is 11.5 Å². The smallest absolute Gasteiger partial charge is 0.303 e. The van der Waals surface area contributed by atoms with E-state index in [-0.39, 0.29) is 29.1 Å². The largest absolute Gasteiger partial charge is 0.507 e. The second-order valence-electron chi connectivity index (χ2n) is 6.16. The fraction of sp³-hybridized carbons (Fsp3) is 0.412. The minimum atomic E-state index is -1.70. The van der Waals surface area contributed by atoms with E-state index in [4.69, 9.17) is 9.47 Å². The fourth-order valence-electron chi connectivity index (χ4n) is 3.54. The Morgan fingerprint density at radius 3 is 2.75 bits per heavy atom. The molecule has 0 amide bonds. The molecular weight excluding hydrogens is 316 g/mol. The van der Waals surface area contributed by atoms with Gasteiger partial charge < -0.3 is 24.8 Å². The Hall–Kier alpha value is -2.54. The van der Waals surface area contributed by atoms with Gasteiger partial charge in [-0.2, -0.15) is 0 Å². The Kier molecular flexibility index (Phi) is 3.76. The molecule has 3 rings (SSSR count). The summed E-state index contributed by atoms with van der Waals surface area (Å²) < 4.78 is 11.2. The number of phenolic OH excluding ortho intramolecular Hbond substituents is 1. The molecule has 1 heterocycles. The topological polar surface area (TPSA) is 113 Å². The molecular formula is C17H18O7. The Labute approximate surface area is 138 Å². The maximum atomic E-state index is 12.5. The van der Waals surface area contributed by atoms with Gasteiger partial charge in [-0.05, 0) is 12.1 Å². The molecule has 0 aromatic heterocycles. The van der Waals surface area contributed by atoms with Gasteiger partial charge >= 0.3 is 5.97 Å². The summed E-state index contributed by atoms with van der Waals surface area (Å²) in [6, 6.07) is 4.35. The van der Waals surface area contributed by atoms with Crippen molar-refractivity contribution >= 4 is 17.5 Å². The van der Waals surface area contributed by atoms with Gasteiger partial charge in [-0.25, -0.2) is 0 Å². The molecule has 7 heteroatoms. The van der Waals surface area contributed by atoms with E-state index < -0.39 is 41.7 Å². The number of esters is 1. The van der Waals surface area contributed by atoms with Crippen molar-refractivity contribution in [2.45, 2.75) is 32.0 Å². The van der Waals surface area contributed by atoms with Crippen LogP contribution in [0.4, 0.5) is 0 Å². The highest BCUT2D eigenvalue weighted by molar-refractivity contribution is 6.06. The number of Topliss-reactive ketones (excluding diaryl/α,β-unsaturated/α-hetero) is 1. The SMILES string of the molecule is CC(=O)O[C@H]1[C@@H](C)CC(=O)C2=C(O)c3c(O)cccc3O[C@]21CO. The zero-order valence-electron chi connectivity index (χ0n) is 13.3. The number of ether oxygens (including phenoxy) is 2. The van der Waals surface area contributed by atoms with E-state index in [1.54, 1.807) is 6.92 Å². The van der Waals surface area contributed by atoms with Crippen LogP contribution in [0, 0.1) is 5.92 Å². The molecule has 0 radical (unpaired) electrons. The van der Waals surface area contributed by atoms with Gasteiger partial charge in [-0.1, -0.05) is 13.0 Å². The van der Waals surface area contributed by atoms with Gasteiger partial charge in [0.2, 0.25) is 5.60 Å². The molecule has 24 heavy (non-hydrogen) atoms. The molecule has 1 aliphatic carbocycles. The third-order valence-electron chi connectivity index (χ3n) is 4.48. The average molecular weight is 334 g/mol. The molecule has 1 aromatic rings. The van der Waals surface area contributed by atoms with Crippen LogP contribution >= 0.6 is 0 Å². The number of aliphatic hydroxyl groups excluding tert-OH is 2. The van der Waals surface area contributed by atoms with Crippen LogP contribution in [-0.4, -0.2) is 45.4 Å². The van der Waals surface area contributed by atoms with Crippen molar-refractivity contribution in [3.05, 3.63) is 29.3 Å². The van der Waals surface area contributed by atoms with Gasteiger partial charge in [0.1, 0.15) is 22.8 Å². The van der Waals surface area contributed by atoms with Gasteiger partial charge in [-0.15, -0.1) is 0 Å². The monoisotopic (exact) mass is 334 g/mol. The lowest BCUT2D eigenvalue weighted by atomic mass is 9.70. The van der Waals surface area contributed by atoms with E-state index in [9.17, 15) is 24.9 Å². The summed E-state index contributed by atoms with van der Waals surface area (Å²) in [5.74, 6) is -2.03. The summed E-state index contributed by atoms with van der Waals surface area (Å²) in [6.45, 7) is 2.26. The number of carbonyl (C=O) groups is 2. The number of hydrogen-bond donors (Lipinski definition) is 3. The van der Waals surface area contributed by atoms with E-state index in [0.717, 1.165) is 0 Å². The molecule has 1 fully saturated rings. The van der Waals surface area contributed by atoms with Crippen LogP contribution in [0.15, 0.2) is 23.8 Å². The highest BCUT2D eigenvalue weighted by Gasteiger charge is 2.59. The lowest BCUT2D eigenvalue weighted by Gasteiger charge is -2.47. The standard InChI is InChI=1S/C17H18O7/c1-8-6-11(21)14-15(22)13-10(20)4-3-5-12(13)24-17(14,7-18)16(8)23-9(2)19/h3-5,8,16,18,20,22H,6-7H2,1-2H3/t8-,16-,17+/m0/s1. The summed E-state index contributed by atoms with van der Waals surface area (Å²) in [6.07, 6.45) is -0.934. The predicted octanol–water partition coefficient (Wildman–Crippen LogP) is 1.33. The number of hydrogen-bond acceptors (Lipinski definition) is 7. The Balaban J connectivity index is 2.26. The molecule has 0 spiro atoms. The van der Waals surface area contributed by atoms with Crippen molar-refractivity contribution in [2.24, 2.45) is 5.92 Å². The Morgan fingerprint density at radius 1 is 1.42 bits per heavy atom. The number of phenols is 1. The van der Waals surface area contributed by atoms with E-state index in [1.807, 2.05) is 0 Å². The second kappa shape index (κ2) is 5.52. The number of fused-ring (bicyclic) bond motifs is 2. The lowest BCUT2D eigenvalue weighted by Crippen LogP contribution is -2.62. The summed E-state index contributed by atoms with van der Waals surface area (Å²) in [4.78, 5) is 24.0. The van der Waals surface area contributed by atoms with E-state index >= 15 is 0 Å². The molecule has 7 nitrogen and oxygen atoms in total. The first-order valence-corrected chi connectivity index (χ1v) is 7.58. The zero-order chi connectivity index (χ0) is 17.6. The second-order valence-corrected chi connectivity index (χ2v) is 6.16. The van der Waals surface area contributed by atoms with Gasteiger partial charge in [0.15, 0.2) is 11.9 Å². The van der Waals surface area contributed by atoms with Crippen LogP contribution in [0.2, 0.25) is 0 Å². The Morgan fingerprint density at radius 2 is 2.12 bits per heavy atom. The molecule has 2 aliphatic rings. The number of benzene rings is 1. The summed E-state index contributed by atoms with van der Waals surface area (Å²) in [7, 11) is 0. The highest BCUT2D eigenvalue weighted by Crippen LogP contribution is 2.49. The third kappa shape index (κ3) is 2.16. The number of ketones is 1. The van der Waals surface area contributed by atoms with Crippen LogP contribution in [0.3, 0.4) is 0 Å². The van der Waals surface area contributed by atoms with E-state index in [0.29, 0.717) is 0 Å². The van der Waals surface area contributed by atoms with Crippen molar-refractivity contribution in [1.82, 2.24) is 0 Å². The highest BCUT2D eigenvalue weighted by atomic mass is 16.6. The molecule has 1 aliphatic heterocycles. The van der Waals surface area contributed by atoms with Crippen LogP contribution in [0.1, 0.15) is 25.8 Å². The van der Waals surface area contributed by atoms with Crippen molar-refractivity contribution in [1.29, 1.82) is 0 Å². The summed E-state index contributed by atoms with van der Waals surface area (Å²) in [5, 5.41) is 30.6. The van der Waals surface area contributed by atoms with E-state index in [1.165, 1.54) is 25.1 Å². The van der Waals surface area contributed by atoms with Crippen molar-refractivity contribution in [2.75, 3.05) is 6.61 Å². The zero-order valence-corrected chi connectivity index (χ0v) is 13.3. The maximum absolute atomic E-state index is 12.5. The number of aromatic hydroxyl groups is 1. The first kappa shape index (κ1) is 16.3. The molecule has 0 saturated heterocycles.